The van der Waals surface area contributed by atoms with Crippen LogP contribution in [0.15, 0.2) is 18.2 Å². The van der Waals surface area contributed by atoms with Crippen LogP contribution in [0.4, 0.5) is 0 Å². The van der Waals surface area contributed by atoms with Gasteiger partial charge in [0.25, 0.3) is 0 Å². The van der Waals surface area contributed by atoms with Gasteiger partial charge in [0.1, 0.15) is 0 Å². The van der Waals surface area contributed by atoms with Crippen LogP contribution in [-0.2, 0) is 4.79 Å². The third-order valence-corrected chi connectivity index (χ3v) is 4.40. The average molecular weight is 288 g/mol. The summed E-state index contributed by atoms with van der Waals surface area (Å²) in [6.07, 6.45) is 4.01. The molecular formula is C18H28N2O. The normalized spacial score (nSPS) is 17.1. The van der Waals surface area contributed by atoms with Crippen molar-refractivity contribution in [3.63, 3.8) is 0 Å². The molecule has 0 spiro atoms. The molecule has 0 saturated carbocycles. The van der Waals surface area contributed by atoms with E-state index in [0.29, 0.717) is 12.3 Å². The molecular weight excluding hydrogens is 260 g/mol. The highest BCUT2D eigenvalue weighted by molar-refractivity contribution is 5.76. The summed E-state index contributed by atoms with van der Waals surface area (Å²) >= 11 is 0. The average Bonchev–Trinajstić information content (AvgIpc) is 2.48. The quantitative estimate of drug-likeness (QED) is 0.870. The van der Waals surface area contributed by atoms with E-state index in [4.69, 9.17) is 0 Å². The van der Waals surface area contributed by atoms with E-state index in [1.54, 1.807) is 0 Å². The fourth-order valence-corrected chi connectivity index (χ4v) is 2.86. The summed E-state index contributed by atoms with van der Waals surface area (Å²) in [4.78, 5) is 14.1. The van der Waals surface area contributed by atoms with E-state index in [9.17, 15) is 4.79 Å². The molecule has 21 heavy (non-hydrogen) atoms. The molecule has 1 aromatic rings. The van der Waals surface area contributed by atoms with E-state index in [1.165, 1.54) is 16.7 Å². The summed E-state index contributed by atoms with van der Waals surface area (Å²) in [6.45, 7) is 9.16. The third-order valence-electron chi connectivity index (χ3n) is 4.40. The Hall–Kier alpha value is -1.35. The van der Waals surface area contributed by atoms with Crippen LogP contribution in [0.1, 0.15) is 55.3 Å². The smallest absolute Gasteiger partial charge is 0.222 e. The van der Waals surface area contributed by atoms with Crippen molar-refractivity contribution in [2.75, 3.05) is 19.6 Å². The Bertz CT molecular complexity index is 484. The number of aryl methyl sites for hydroxylation is 2. The largest absolute Gasteiger partial charge is 0.341 e. The highest BCUT2D eigenvalue weighted by Crippen LogP contribution is 2.21. The van der Waals surface area contributed by atoms with Crippen LogP contribution in [0.25, 0.3) is 0 Å². The third kappa shape index (κ3) is 4.31. The lowest BCUT2D eigenvalue weighted by molar-refractivity contribution is -0.133. The molecule has 1 heterocycles. The number of piperidine rings is 1. The van der Waals surface area contributed by atoms with Gasteiger partial charge in [-0.25, -0.2) is 0 Å². The van der Waals surface area contributed by atoms with Crippen molar-refractivity contribution in [1.82, 2.24) is 10.2 Å². The maximum Gasteiger partial charge on any atom is 0.222 e. The second-order valence-electron chi connectivity index (χ2n) is 6.15. The summed E-state index contributed by atoms with van der Waals surface area (Å²) in [6, 6.07) is 6.89. The van der Waals surface area contributed by atoms with Gasteiger partial charge in [0, 0.05) is 25.6 Å². The number of nitrogens with zero attached hydrogens (tertiary/aromatic N) is 1. The van der Waals surface area contributed by atoms with E-state index in [1.807, 2.05) is 4.90 Å². The van der Waals surface area contributed by atoms with Crippen molar-refractivity contribution < 1.29 is 4.79 Å². The molecule has 116 valence electrons. The highest BCUT2D eigenvalue weighted by Gasteiger charge is 2.22. The summed E-state index contributed by atoms with van der Waals surface area (Å²) in [5.41, 5.74) is 3.94. The van der Waals surface area contributed by atoms with Crippen molar-refractivity contribution in [3.8, 4) is 0 Å². The maximum atomic E-state index is 12.1. The summed E-state index contributed by atoms with van der Waals surface area (Å²) in [7, 11) is 0. The SMILES string of the molecule is CCCNC(CN1CCCCC1=O)c1ccc(C)c(C)c1. The molecule has 1 unspecified atom stereocenters. The molecule has 3 heteroatoms. The molecule has 1 aliphatic rings. The lowest BCUT2D eigenvalue weighted by Crippen LogP contribution is -2.41. The Morgan fingerprint density at radius 3 is 2.71 bits per heavy atom. The lowest BCUT2D eigenvalue weighted by Gasteiger charge is -2.31. The maximum absolute atomic E-state index is 12.1. The van der Waals surface area contributed by atoms with Crippen molar-refractivity contribution in [1.29, 1.82) is 0 Å². The zero-order valence-electron chi connectivity index (χ0n) is 13.6. The van der Waals surface area contributed by atoms with Crippen molar-refractivity contribution in [2.24, 2.45) is 0 Å². The fourth-order valence-electron chi connectivity index (χ4n) is 2.86. The van der Waals surface area contributed by atoms with Gasteiger partial charge in [-0.2, -0.15) is 0 Å². The number of benzene rings is 1. The number of amides is 1. The minimum atomic E-state index is 0.242. The Morgan fingerprint density at radius 2 is 2.05 bits per heavy atom. The molecule has 0 aromatic heterocycles. The molecule has 2 rings (SSSR count). The Morgan fingerprint density at radius 1 is 1.24 bits per heavy atom. The highest BCUT2D eigenvalue weighted by atomic mass is 16.2. The zero-order chi connectivity index (χ0) is 15.2. The zero-order valence-corrected chi connectivity index (χ0v) is 13.6. The van der Waals surface area contributed by atoms with Gasteiger partial charge in [0.15, 0.2) is 0 Å². The van der Waals surface area contributed by atoms with Gasteiger partial charge in [0.2, 0.25) is 5.91 Å². The van der Waals surface area contributed by atoms with Gasteiger partial charge in [-0.05, 0) is 56.3 Å². The van der Waals surface area contributed by atoms with Crippen LogP contribution >= 0.6 is 0 Å². The van der Waals surface area contributed by atoms with Gasteiger partial charge >= 0.3 is 0 Å². The first-order chi connectivity index (χ1) is 10.1. The van der Waals surface area contributed by atoms with Crippen molar-refractivity contribution >= 4 is 5.91 Å². The first-order valence-electron chi connectivity index (χ1n) is 8.20. The lowest BCUT2D eigenvalue weighted by atomic mass is 9.99. The first-order valence-corrected chi connectivity index (χ1v) is 8.20. The summed E-state index contributed by atoms with van der Waals surface area (Å²) < 4.78 is 0. The minimum absolute atomic E-state index is 0.242. The van der Waals surface area contributed by atoms with Crippen LogP contribution in [0, 0.1) is 13.8 Å². The van der Waals surface area contributed by atoms with Gasteiger partial charge in [-0.1, -0.05) is 25.1 Å². The van der Waals surface area contributed by atoms with E-state index >= 15 is 0 Å². The summed E-state index contributed by atoms with van der Waals surface area (Å²) in [5.74, 6) is 0.313. The van der Waals surface area contributed by atoms with Gasteiger partial charge in [0.05, 0.1) is 0 Å². The van der Waals surface area contributed by atoms with Crippen molar-refractivity contribution in [3.05, 3.63) is 34.9 Å². The molecule has 0 bridgehead atoms. The van der Waals surface area contributed by atoms with E-state index in [0.717, 1.165) is 38.9 Å². The second kappa shape index (κ2) is 7.60. The molecule has 1 atom stereocenters. The molecule has 1 aliphatic heterocycles. The number of carbonyl (C=O) groups excluding carboxylic acids is 1. The molecule has 1 aromatic carbocycles. The van der Waals surface area contributed by atoms with E-state index in [-0.39, 0.29) is 6.04 Å². The molecule has 1 N–H and O–H groups in total. The molecule has 0 radical (unpaired) electrons. The predicted octanol–water partition coefficient (Wildman–Crippen LogP) is 3.36. The van der Waals surface area contributed by atoms with Crippen LogP contribution in [0.3, 0.4) is 0 Å². The van der Waals surface area contributed by atoms with E-state index in [2.05, 4.69) is 44.3 Å². The summed E-state index contributed by atoms with van der Waals surface area (Å²) in [5, 5.41) is 3.61. The predicted molar refractivity (Wildman–Crippen MR) is 87.4 cm³/mol. The molecule has 1 saturated heterocycles. The minimum Gasteiger partial charge on any atom is -0.341 e. The Labute approximate surface area is 128 Å². The fraction of sp³-hybridized carbons (Fsp3) is 0.611. The molecule has 3 nitrogen and oxygen atoms in total. The molecule has 1 fully saturated rings. The molecule has 1 amide bonds. The Balaban J connectivity index is 2.12. The van der Waals surface area contributed by atoms with Crippen LogP contribution in [-0.4, -0.2) is 30.4 Å². The van der Waals surface area contributed by atoms with Crippen molar-refractivity contribution in [2.45, 2.75) is 52.5 Å². The van der Waals surface area contributed by atoms with Gasteiger partial charge in [-0.3, -0.25) is 4.79 Å². The van der Waals surface area contributed by atoms with Crippen LogP contribution in [0.2, 0.25) is 0 Å². The van der Waals surface area contributed by atoms with Gasteiger partial charge in [-0.15, -0.1) is 0 Å². The standard InChI is InChI=1S/C18H28N2O/c1-4-10-19-17(13-20-11-6-5-7-18(20)21)16-9-8-14(2)15(3)12-16/h8-9,12,17,19H,4-7,10-11,13H2,1-3H3. The second-order valence-corrected chi connectivity index (χ2v) is 6.15. The Kier molecular flexibility index (Phi) is 5.80. The van der Waals surface area contributed by atoms with Crippen LogP contribution < -0.4 is 5.32 Å². The number of hydrogen-bond acceptors (Lipinski definition) is 2. The number of rotatable bonds is 6. The topological polar surface area (TPSA) is 32.3 Å². The van der Waals surface area contributed by atoms with Gasteiger partial charge < -0.3 is 10.2 Å². The first kappa shape index (κ1) is 16.0. The number of hydrogen-bond donors (Lipinski definition) is 1. The number of likely N-dealkylation sites (tertiary alicyclic amines) is 1. The van der Waals surface area contributed by atoms with Crippen LogP contribution in [0.5, 0.6) is 0 Å². The number of nitrogens with one attached hydrogen (secondary N) is 1. The monoisotopic (exact) mass is 288 g/mol. The number of carbonyl (C=O) groups is 1. The molecule has 0 aliphatic carbocycles. The van der Waals surface area contributed by atoms with E-state index < -0.39 is 0 Å².